The van der Waals surface area contributed by atoms with Gasteiger partial charge in [-0.15, -0.1) is 0 Å². The van der Waals surface area contributed by atoms with Crippen molar-refractivity contribution in [3.8, 4) is 0 Å². The maximum absolute atomic E-state index is 12.6. The molecule has 2 heterocycles. The van der Waals surface area contributed by atoms with E-state index in [4.69, 9.17) is 4.74 Å². The molecular formula is C16H22N4O3S. The number of hydrogen-bond donors (Lipinski definition) is 1. The summed E-state index contributed by atoms with van der Waals surface area (Å²) in [6, 6.07) is 9.42. The summed E-state index contributed by atoms with van der Waals surface area (Å²) in [5, 5.41) is 0.902. The van der Waals surface area contributed by atoms with Crippen molar-refractivity contribution in [3.05, 3.63) is 36.0 Å². The molecule has 0 atom stereocenters. The van der Waals surface area contributed by atoms with Crippen LogP contribution < -0.4 is 4.72 Å². The SMILES string of the molecule is CN(C)Cc1ccc2cccc(NS(=O)(=O)N3CCOCC3)c2n1. The van der Waals surface area contributed by atoms with Gasteiger partial charge in [-0.1, -0.05) is 18.2 Å². The zero-order valence-corrected chi connectivity index (χ0v) is 14.7. The number of ether oxygens (including phenoxy) is 1. The van der Waals surface area contributed by atoms with E-state index in [-0.39, 0.29) is 0 Å². The van der Waals surface area contributed by atoms with Crippen LogP contribution in [0.1, 0.15) is 5.69 Å². The molecule has 0 spiro atoms. The Morgan fingerprint density at radius 1 is 1.21 bits per heavy atom. The molecular weight excluding hydrogens is 328 g/mol. The van der Waals surface area contributed by atoms with Gasteiger partial charge in [0.05, 0.1) is 30.1 Å². The third-order valence-electron chi connectivity index (χ3n) is 3.81. The first-order valence-corrected chi connectivity index (χ1v) is 9.29. The second-order valence-electron chi connectivity index (χ2n) is 6.04. The topological polar surface area (TPSA) is 74.8 Å². The van der Waals surface area contributed by atoms with Gasteiger partial charge in [0.2, 0.25) is 0 Å². The molecule has 1 N–H and O–H groups in total. The Bertz CT molecular complexity index is 817. The lowest BCUT2D eigenvalue weighted by atomic mass is 10.2. The van der Waals surface area contributed by atoms with Gasteiger partial charge in [-0.2, -0.15) is 12.7 Å². The molecule has 1 aromatic heterocycles. The molecule has 0 aliphatic carbocycles. The van der Waals surface area contributed by atoms with Gasteiger partial charge in [0.15, 0.2) is 0 Å². The molecule has 2 aromatic rings. The zero-order valence-electron chi connectivity index (χ0n) is 13.9. The number of benzene rings is 1. The van der Waals surface area contributed by atoms with Gasteiger partial charge in [-0.3, -0.25) is 4.72 Å². The van der Waals surface area contributed by atoms with Crippen LogP contribution in [0.2, 0.25) is 0 Å². The molecule has 130 valence electrons. The fourth-order valence-electron chi connectivity index (χ4n) is 2.67. The highest BCUT2D eigenvalue weighted by Gasteiger charge is 2.24. The predicted molar refractivity (Wildman–Crippen MR) is 94.1 cm³/mol. The Hall–Kier alpha value is -1.74. The largest absolute Gasteiger partial charge is 0.379 e. The molecule has 1 fully saturated rings. The molecule has 0 radical (unpaired) electrons. The minimum atomic E-state index is -3.61. The molecule has 8 heteroatoms. The number of anilines is 1. The molecule has 0 amide bonds. The average Bonchev–Trinajstić information content (AvgIpc) is 2.55. The van der Waals surface area contributed by atoms with Crippen molar-refractivity contribution in [2.75, 3.05) is 45.1 Å². The van der Waals surface area contributed by atoms with E-state index in [1.54, 1.807) is 6.07 Å². The summed E-state index contributed by atoms with van der Waals surface area (Å²) in [4.78, 5) is 6.66. The van der Waals surface area contributed by atoms with Crippen molar-refractivity contribution in [1.29, 1.82) is 0 Å². The maximum atomic E-state index is 12.6. The molecule has 0 unspecified atom stereocenters. The molecule has 7 nitrogen and oxygen atoms in total. The lowest BCUT2D eigenvalue weighted by Crippen LogP contribution is -2.43. The Morgan fingerprint density at radius 2 is 1.96 bits per heavy atom. The third-order valence-corrected chi connectivity index (χ3v) is 5.33. The molecule has 1 aromatic carbocycles. The van der Waals surface area contributed by atoms with E-state index in [1.165, 1.54) is 4.31 Å². The molecule has 3 rings (SSSR count). The highest BCUT2D eigenvalue weighted by Crippen LogP contribution is 2.24. The van der Waals surface area contributed by atoms with Crippen molar-refractivity contribution in [3.63, 3.8) is 0 Å². The van der Waals surface area contributed by atoms with Crippen LogP contribution in [-0.4, -0.2) is 63.0 Å². The van der Waals surface area contributed by atoms with Crippen LogP contribution in [0.5, 0.6) is 0 Å². The highest BCUT2D eigenvalue weighted by molar-refractivity contribution is 7.90. The Kier molecular flexibility index (Phi) is 5.00. The second-order valence-corrected chi connectivity index (χ2v) is 7.71. The third kappa shape index (κ3) is 3.84. The molecule has 1 aliphatic rings. The van der Waals surface area contributed by atoms with E-state index in [2.05, 4.69) is 9.71 Å². The Labute approximate surface area is 142 Å². The van der Waals surface area contributed by atoms with Gasteiger partial charge >= 0.3 is 10.2 Å². The summed E-state index contributed by atoms with van der Waals surface area (Å²) in [6.45, 7) is 2.25. The van der Waals surface area contributed by atoms with Gasteiger partial charge in [0, 0.05) is 25.0 Å². The number of aromatic nitrogens is 1. The number of pyridine rings is 1. The minimum Gasteiger partial charge on any atom is -0.379 e. The first kappa shape index (κ1) is 17.1. The summed E-state index contributed by atoms with van der Waals surface area (Å²) in [5.74, 6) is 0. The zero-order chi connectivity index (χ0) is 17.2. The summed E-state index contributed by atoms with van der Waals surface area (Å²) in [5.41, 5.74) is 2.05. The predicted octanol–water partition coefficient (Wildman–Crippen LogP) is 1.29. The van der Waals surface area contributed by atoms with Crippen molar-refractivity contribution in [2.24, 2.45) is 0 Å². The molecule has 1 aliphatic heterocycles. The monoisotopic (exact) mass is 350 g/mol. The summed E-state index contributed by atoms with van der Waals surface area (Å²) < 4.78 is 34.5. The first-order valence-electron chi connectivity index (χ1n) is 7.85. The quantitative estimate of drug-likeness (QED) is 0.879. The number of fused-ring (bicyclic) bond motifs is 1. The van der Waals surface area contributed by atoms with Gasteiger partial charge in [0.1, 0.15) is 0 Å². The molecule has 0 saturated carbocycles. The number of para-hydroxylation sites is 1. The summed E-state index contributed by atoms with van der Waals surface area (Å²) in [6.07, 6.45) is 0. The van der Waals surface area contributed by atoms with Crippen LogP contribution in [-0.2, 0) is 21.5 Å². The maximum Gasteiger partial charge on any atom is 0.301 e. The van der Waals surface area contributed by atoms with E-state index in [0.717, 1.165) is 11.1 Å². The van der Waals surface area contributed by atoms with Gasteiger partial charge in [-0.05, 0) is 26.2 Å². The van der Waals surface area contributed by atoms with E-state index in [0.29, 0.717) is 44.1 Å². The standard InChI is InChI=1S/C16H22N4O3S/c1-19(2)12-14-7-6-13-4-3-5-15(16(13)17-14)18-24(21,22)20-8-10-23-11-9-20/h3-7,18H,8-12H2,1-2H3. The van der Waals surface area contributed by atoms with Crippen LogP contribution in [0.25, 0.3) is 10.9 Å². The fourth-order valence-corrected chi connectivity index (χ4v) is 3.87. The number of rotatable bonds is 5. The number of nitrogens with zero attached hydrogens (tertiary/aromatic N) is 3. The molecule has 0 bridgehead atoms. The number of nitrogens with one attached hydrogen (secondary N) is 1. The summed E-state index contributed by atoms with van der Waals surface area (Å²) in [7, 11) is 0.331. The van der Waals surface area contributed by atoms with Crippen LogP contribution >= 0.6 is 0 Å². The van der Waals surface area contributed by atoms with E-state index in [9.17, 15) is 8.42 Å². The van der Waals surface area contributed by atoms with Crippen molar-refractivity contribution in [1.82, 2.24) is 14.2 Å². The highest BCUT2D eigenvalue weighted by atomic mass is 32.2. The lowest BCUT2D eigenvalue weighted by Gasteiger charge is -2.26. The van der Waals surface area contributed by atoms with E-state index in [1.807, 2.05) is 43.3 Å². The van der Waals surface area contributed by atoms with Crippen molar-refractivity contribution < 1.29 is 13.2 Å². The van der Waals surface area contributed by atoms with Crippen LogP contribution in [0.15, 0.2) is 30.3 Å². The Balaban J connectivity index is 1.93. The number of morpholine rings is 1. The van der Waals surface area contributed by atoms with Crippen molar-refractivity contribution >= 4 is 26.8 Å². The van der Waals surface area contributed by atoms with Gasteiger partial charge in [0.25, 0.3) is 0 Å². The lowest BCUT2D eigenvalue weighted by molar-refractivity contribution is 0.0733. The minimum absolute atomic E-state index is 0.361. The van der Waals surface area contributed by atoms with E-state index < -0.39 is 10.2 Å². The normalized spacial score (nSPS) is 16.6. The van der Waals surface area contributed by atoms with Crippen molar-refractivity contribution in [2.45, 2.75) is 6.54 Å². The van der Waals surface area contributed by atoms with Gasteiger partial charge in [-0.25, -0.2) is 4.98 Å². The van der Waals surface area contributed by atoms with Crippen LogP contribution in [0.3, 0.4) is 0 Å². The first-order chi connectivity index (χ1) is 11.5. The molecule has 24 heavy (non-hydrogen) atoms. The summed E-state index contributed by atoms with van der Waals surface area (Å²) >= 11 is 0. The molecule has 1 saturated heterocycles. The van der Waals surface area contributed by atoms with Crippen LogP contribution in [0, 0.1) is 0 Å². The fraction of sp³-hybridized carbons (Fsp3) is 0.438. The van der Waals surface area contributed by atoms with E-state index >= 15 is 0 Å². The smallest absolute Gasteiger partial charge is 0.301 e. The van der Waals surface area contributed by atoms with Crippen LogP contribution in [0.4, 0.5) is 5.69 Å². The van der Waals surface area contributed by atoms with Gasteiger partial charge < -0.3 is 9.64 Å². The second kappa shape index (κ2) is 7.02. The Morgan fingerprint density at radius 3 is 2.67 bits per heavy atom. The average molecular weight is 350 g/mol. The number of hydrogen-bond acceptors (Lipinski definition) is 5.